The van der Waals surface area contributed by atoms with Gasteiger partial charge in [0.25, 0.3) is 5.91 Å². The first kappa shape index (κ1) is 18.4. The maximum Gasteiger partial charge on any atom is 0.259 e. The van der Waals surface area contributed by atoms with E-state index in [1.54, 1.807) is 30.2 Å². The van der Waals surface area contributed by atoms with Crippen LogP contribution in [-0.2, 0) is 0 Å². The quantitative estimate of drug-likeness (QED) is 0.737. The number of benzene rings is 2. The first-order valence-electron chi connectivity index (χ1n) is 9.06. The van der Waals surface area contributed by atoms with Crippen LogP contribution in [0.1, 0.15) is 10.4 Å². The molecule has 2 heterocycles. The van der Waals surface area contributed by atoms with Gasteiger partial charge in [-0.1, -0.05) is 23.7 Å². The number of para-hydroxylation sites is 1. The highest BCUT2D eigenvalue weighted by Crippen LogP contribution is 2.26. The van der Waals surface area contributed by atoms with Crippen molar-refractivity contribution in [3.63, 3.8) is 0 Å². The molecule has 3 aromatic rings. The van der Waals surface area contributed by atoms with Crippen LogP contribution in [0.25, 0.3) is 10.9 Å². The minimum absolute atomic E-state index is 0.156. The number of halogens is 1. The molecule has 144 valence electrons. The lowest BCUT2D eigenvalue weighted by molar-refractivity contribution is 0.0745. The Morgan fingerprint density at radius 3 is 2.57 bits per heavy atom. The third-order valence-electron chi connectivity index (χ3n) is 5.08. The van der Waals surface area contributed by atoms with E-state index in [1.807, 2.05) is 24.3 Å². The molecule has 0 bridgehead atoms. The van der Waals surface area contributed by atoms with Crippen molar-refractivity contribution >= 4 is 34.1 Å². The Kier molecular flexibility index (Phi) is 4.96. The average molecular weight is 398 g/mol. The summed E-state index contributed by atoms with van der Waals surface area (Å²) in [6, 6.07) is 12.8. The number of aromatic nitrogens is 1. The number of carbonyl (C=O) groups excluding carboxylic acids is 1. The van der Waals surface area contributed by atoms with Crippen molar-refractivity contribution in [2.24, 2.45) is 0 Å². The van der Waals surface area contributed by atoms with E-state index in [-0.39, 0.29) is 16.9 Å². The van der Waals surface area contributed by atoms with Crippen molar-refractivity contribution in [2.45, 2.75) is 0 Å². The van der Waals surface area contributed by atoms with Gasteiger partial charge in [0.15, 0.2) is 0 Å². The Balaban J connectivity index is 1.53. The molecular weight excluding hydrogens is 378 g/mol. The summed E-state index contributed by atoms with van der Waals surface area (Å²) >= 11 is 6.27. The molecule has 1 aromatic heterocycles. The summed E-state index contributed by atoms with van der Waals surface area (Å²) in [5.41, 5.74) is 1.50. The summed E-state index contributed by atoms with van der Waals surface area (Å²) < 4.78 is 5.18. The zero-order chi connectivity index (χ0) is 19.7. The summed E-state index contributed by atoms with van der Waals surface area (Å²) in [6.07, 6.45) is 1.49. The molecule has 0 atom stereocenters. The minimum Gasteiger partial charge on any atom is -0.497 e. The molecule has 4 rings (SSSR count). The lowest BCUT2D eigenvalue weighted by Crippen LogP contribution is -2.49. The number of hydrogen-bond acceptors (Lipinski definition) is 4. The van der Waals surface area contributed by atoms with Gasteiger partial charge in [-0.05, 0) is 24.3 Å². The predicted molar refractivity (Wildman–Crippen MR) is 111 cm³/mol. The molecule has 0 unspecified atom stereocenters. The second kappa shape index (κ2) is 7.56. The van der Waals surface area contributed by atoms with Crippen molar-refractivity contribution in [1.82, 2.24) is 9.88 Å². The predicted octanol–water partition coefficient (Wildman–Crippen LogP) is 3.15. The van der Waals surface area contributed by atoms with Crippen molar-refractivity contribution in [1.29, 1.82) is 0 Å². The van der Waals surface area contributed by atoms with E-state index in [2.05, 4.69) is 9.88 Å². The third-order valence-corrected chi connectivity index (χ3v) is 5.40. The third kappa shape index (κ3) is 3.31. The first-order valence-corrected chi connectivity index (χ1v) is 9.44. The van der Waals surface area contributed by atoms with Crippen molar-refractivity contribution in [3.8, 4) is 5.75 Å². The van der Waals surface area contributed by atoms with Crippen LogP contribution in [0.4, 0.5) is 5.69 Å². The number of nitrogens with zero attached hydrogens (tertiary/aromatic N) is 2. The van der Waals surface area contributed by atoms with Gasteiger partial charge in [-0.25, -0.2) is 0 Å². The molecule has 0 spiro atoms. The Hall–Kier alpha value is -2.99. The second-order valence-corrected chi connectivity index (χ2v) is 7.08. The Morgan fingerprint density at radius 1 is 1.11 bits per heavy atom. The van der Waals surface area contributed by atoms with Crippen LogP contribution >= 0.6 is 11.6 Å². The standard InChI is InChI=1S/C21H20ClN3O3/c1-28-14-6-7-15-18(12-14)23-13-16(20(15)26)21(27)25-10-8-24(9-11-25)19-5-3-2-4-17(19)22/h2-7,12-13H,8-11H2,1H3,(H,23,26). The number of amides is 1. The SMILES string of the molecule is COc1ccc2c(=O)c(C(=O)N3CCN(c4ccccc4Cl)CC3)c[nH]c2c1. The number of rotatable bonds is 3. The Labute approximate surface area is 167 Å². The summed E-state index contributed by atoms with van der Waals surface area (Å²) in [5, 5.41) is 1.17. The van der Waals surface area contributed by atoms with E-state index in [0.29, 0.717) is 47.9 Å². The van der Waals surface area contributed by atoms with Crippen LogP contribution in [0.15, 0.2) is 53.5 Å². The summed E-state index contributed by atoms with van der Waals surface area (Å²) in [4.78, 5) is 32.7. The number of ether oxygens (including phenoxy) is 1. The van der Waals surface area contributed by atoms with Gasteiger partial charge in [0.2, 0.25) is 5.43 Å². The maximum absolute atomic E-state index is 12.9. The fourth-order valence-electron chi connectivity index (χ4n) is 3.52. The van der Waals surface area contributed by atoms with Gasteiger partial charge in [0.1, 0.15) is 11.3 Å². The zero-order valence-corrected chi connectivity index (χ0v) is 16.2. The highest BCUT2D eigenvalue weighted by atomic mass is 35.5. The van der Waals surface area contributed by atoms with Crippen LogP contribution in [-0.4, -0.2) is 49.1 Å². The van der Waals surface area contributed by atoms with E-state index < -0.39 is 0 Å². The fraction of sp³-hybridized carbons (Fsp3) is 0.238. The normalized spacial score (nSPS) is 14.4. The summed E-state index contributed by atoms with van der Waals surface area (Å²) in [6.45, 7) is 2.39. The number of anilines is 1. The lowest BCUT2D eigenvalue weighted by Gasteiger charge is -2.36. The molecule has 2 aromatic carbocycles. The molecule has 1 fully saturated rings. The van der Waals surface area contributed by atoms with Gasteiger partial charge in [0.05, 0.1) is 23.3 Å². The van der Waals surface area contributed by atoms with E-state index in [4.69, 9.17) is 16.3 Å². The van der Waals surface area contributed by atoms with Gasteiger partial charge < -0.3 is 19.5 Å². The van der Waals surface area contributed by atoms with Crippen LogP contribution in [0.3, 0.4) is 0 Å². The molecule has 1 aliphatic rings. The van der Waals surface area contributed by atoms with Crippen molar-refractivity contribution in [3.05, 3.63) is 69.5 Å². The highest BCUT2D eigenvalue weighted by Gasteiger charge is 2.25. The molecule has 0 radical (unpaired) electrons. The van der Waals surface area contributed by atoms with Crippen LogP contribution in [0.5, 0.6) is 5.75 Å². The number of H-pyrrole nitrogens is 1. The largest absolute Gasteiger partial charge is 0.497 e. The molecule has 6 nitrogen and oxygen atoms in total. The molecule has 28 heavy (non-hydrogen) atoms. The average Bonchev–Trinajstić information content (AvgIpc) is 2.74. The van der Waals surface area contributed by atoms with Crippen molar-refractivity contribution < 1.29 is 9.53 Å². The zero-order valence-electron chi connectivity index (χ0n) is 15.4. The van der Waals surface area contributed by atoms with Gasteiger partial charge in [-0.15, -0.1) is 0 Å². The molecular formula is C21H20ClN3O3. The van der Waals surface area contributed by atoms with Gasteiger partial charge in [-0.2, -0.15) is 0 Å². The van der Waals surface area contributed by atoms with Gasteiger partial charge in [0, 0.05) is 43.8 Å². The van der Waals surface area contributed by atoms with E-state index in [9.17, 15) is 9.59 Å². The van der Waals surface area contributed by atoms with Crippen molar-refractivity contribution in [2.75, 3.05) is 38.2 Å². The number of fused-ring (bicyclic) bond motifs is 1. The highest BCUT2D eigenvalue weighted by molar-refractivity contribution is 6.33. The van der Waals surface area contributed by atoms with E-state index in [0.717, 1.165) is 5.69 Å². The van der Waals surface area contributed by atoms with Gasteiger partial charge >= 0.3 is 0 Å². The van der Waals surface area contributed by atoms with Crippen LogP contribution < -0.4 is 15.1 Å². The maximum atomic E-state index is 12.9. The Morgan fingerprint density at radius 2 is 1.86 bits per heavy atom. The minimum atomic E-state index is -0.269. The number of hydrogen-bond donors (Lipinski definition) is 1. The van der Waals surface area contributed by atoms with Crippen LogP contribution in [0, 0.1) is 0 Å². The number of methoxy groups -OCH3 is 1. The molecule has 1 aliphatic heterocycles. The van der Waals surface area contributed by atoms with Crippen LogP contribution in [0.2, 0.25) is 5.02 Å². The number of piperazine rings is 1. The topological polar surface area (TPSA) is 65.6 Å². The van der Waals surface area contributed by atoms with E-state index >= 15 is 0 Å². The number of pyridine rings is 1. The summed E-state index contributed by atoms with van der Waals surface area (Å²) in [5.74, 6) is 0.399. The second-order valence-electron chi connectivity index (χ2n) is 6.67. The molecule has 1 N–H and O–H groups in total. The molecule has 0 saturated carbocycles. The molecule has 0 aliphatic carbocycles. The summed E-state index contributed by atoms with van der Waals surface area (Å²) in [7, 11) is 1.57. The number of aromatic amines is 1. The number of carbonyl (C=O) groups is 1. The molecule has 1 amide bonds. The Bertz CT molecular complexity index is 1090. The first-order chi connectivity index (χ1) is 13.6. The smallest absolute Gasteiger partial charge is 0.259 e. The molecule has 7 heteroatoms. The van der Waals surface area contributed by atoms with E-state index in [1.165, 1.54) is 6.20 Å². The fourth-order valence-corrected chi connectivity index (χ4v) is 3.77. The number of nitrogens with one attached hydrogen (secondary N) is 1. The monoisotopic (exact) mass is 397 g/mol. The van der Waals surface area contributed by atoms with Gasteiger partial charge in [-0.3, -0.25) is 9.59 Å². The lowest BCUT2D eigenvalue weighted by atomic mass is 10.1. The molecule has 1 saturated heterocycles.